The van der Waals surface area contributed by atoms with E-state index in [0.29, 0.717) is 133 Å². The molecule has 45 heteroatoms. The third-order valence-electron chi connectivity index (χ3n) is 28.0. The fourth-order valence-electron chi connectivity index (χ4n) is 20.0. The van der Waals surface area contributed by atoms with Gasteiger partial charge in [0, 0.05) is 143 Å². The van der Waals surface area contributed by atoms with Crippen LogP contribution in [0.25, 0.3) is 45.0 Å². The number of nitrogens with two attached hydrogens (primary N) is 1. The van der Waals surface area contributed by atoms with Crippen LogP contribution in [0.1, 0.15) is 241 Å². The molecule has 150 heavy (non-hydrogen) atoms. The zero-order valence-corrected chi connectivity index (χ0v) is 92.1. The first-order valence-corrected chi connectivity index (χ1v) is 57.0. The van der Waals surface area contributed by atoms with Crippen molar-refractivity contribution in [1.29, 1.82) is 10.8 Å². The summed E-state index contributed by atoms with van der Waals surface area (Å²) in [6.45, 7) is 9.66. The summed E-state index contributed by atoms with van der Waals surface area (Å²) in [4.78, 5) is 161. The van der Waals surface area contributed by atoms with Gasteiger partial charge < -0.3 is 83.0 Å². The van der Waals surface area contributed by atoms with Crippen LogP contribution in [0.5, 0.6) is 0 Å². The molecule has 4 saturated heterocycles. The molecule has 816 valence electrons. The largest absolute Gasteiger partial charge is 0.480 e. The van der Waals surface area contributed by atoms with Gasteiger partial charge in [-0.3, -0.25) is 61.9 Å². The molecule has 11 amide bonds. The number of carbonyl (C=O) groups is 12. The van der Waals surface area contributed by atoms with E-state index in [1.165, 1.54) is 30.8 Å². The molecule has 8 aromatic rings. The molecule has 4 saturated carbocycles. The van der Waals surface area contributed by atoms with Crippen LogP contribution in [-0.2, 0) is 57.5 Å². The first-order valence-electron chi connectivity index (χ1n) is 52.8. The lowest BCUT2D eigenvalue weighted by molar-refractivity contribution is -0.142. The Morgan fingerprint density at radius 1 is 0.393 bits per heavy atom. The summed E-state index contributed by atoms with van der Waals surface area (Å²) < 4.78 is 31.6. The van der Waals surface area contributed by atoms with Crippen molar-refractivity contribution >= 4 is 169 Å². The quantitative estimate of drug-likeness (QED) is 0.0132. The summed E-state index contributed by atoms with van der Waals surface area (Å²) in [5.74, 6) is -2.46. The van der Waals surface area contributed by atoms with Crippen molar-refractivity contribution in [2.24, 2.45) is 41.2 Å². The maximum Gasteiger partial charge on any atom is 0.316 e. The highest BCUT2D eigenvalue weighted by Gasteiger charge is 2.46. The lowest BCUT2D eigenvalue weighted by Crippen LogP contribution is -2.56. The number of rotatable bonds is 34. The Bertz CT molecular complexity index is 5370. The minimum Gasteiger partial charge on any atom is -0.480 e. The van der Waals surface area contributed by atoms with Crippen LogP contribution in [0.4, 0.5) is 24.4 Å². The summed E-state index contributed by atoms with van der Waals surface area (Å²) in [5, 5.41) is 86.0. The van der Waals surface area contributed by atoms with Gasteiger partial charge in [0.05, 0.1) is 20.0 Å². The molecule has 4 aromatic heterocycles. The number of nitrogens with one attached hydrogen (secondary N) is 7. The number of aliphatic hydroxyl groups is 3. The molecular formula is C105H145Br2FN22O16S4. The number of aliphatic carboxylic acids is 1. The monoisotopic (exact) mass is 2280 g/mol. The third-order valence-corrected chi connectivity index (χ3v) is 31.4. The molecular weight excluding hydrogens is 2130 g/mol. The van der Waals surface area contributed by atoms with Gasteiger partial charge in [0.1, 0.15) is 89.9 Å². The normalized spacial score (nSPS) is 19.1. The van der Waals surface area contributed by atoms with Crippen LogP contribution < -0.4 is 43.0 Å². The van der Waals surface area contributed by atoms with E-state index in [4.69, 9.17) is 38.3 Å². The van der Waals surface area contributed by atoms with Crippen molar-refractivity contribution in [3.05, 3.63) is 121 Å². The van der Waals surface area contributed by atoms with Crippen molar-refractivity contribution in [3.63, 3.8) is 0 Å². The average Bonchev–Trinajstić information content (AvgIpc) is 1.71. The third kappa shape index (κ3) is 36.9. The molecule has 8 aliphatic rings. The highest BCUT2D eigenvalue weighted by Crippen LogP contribution is 2.40. The van der Waals surface area contributed by atoms with Crippen molar-refractivity contribution in [2.75, 3.05) is 81.0 Å². The van der Waals surface area contributed by atoms with E-state index in [-0.39, 0.29) is 125 Å². The smallest absolute Gasteiger partial charge is 0.316 e. The first-order chi connectivity index (χ1) is 73.1. The summed E-state index contributed by atoms with van der Waals surface area (Å²) in [6, 6.07) is 34.3. The number of hydrogen-bond donors (Lipinski definition) is 12. The number of alkyl halides is 3. The maximum absolute atomic E-state index is 13.9. The molecule has 0 bridgehead atoms. The van der Waals surface area contributed by atoms with E-state index >= 15 is 0 Å². The molecule has 0 spiro atoms. The highest BCUT2D eigenvalue weighted by atomic mass is 79.9. The predicted molar refractivity (Wildman–Crippen MR) is 584 cm³/mol. The van der Waals surface area contributed by atoms with E-state index in [2.05, 4.69) is 107 Å². The molecule has 4 aliphatic heterocycles. The van der Waals surface area contributed by atoms with Gasteiger partial charge in [-0.05, 0) is 166 Å². The zero-order chi connectivity index (χ0) is 109. The Morgan fingerprint density at radius 3 is 0.887 bits per heavy atom. The molecule has 4 aliphatic carbocycles. The second kappa shape index (κ2) is 66.0. The summed E-state index contributed by atoms with van der Waals surface area (Å²) in [5.41, 5.74) is 10.8. The number of benzene rings is 4. The Balaban J connectivity index is 0.000000214. The minimum absolute atomic E-state index is 0.0362. The van der Waals surface area contributed by atoms with E-state index < -0.39 is 54.2 Å². The highest BCUT2D eigenvalue weighted by molar-refractivity contribution is 9.10. The van der Waals surface area contributed by atoms with Gasteiger partial charge >= 0.3 is 5.97 Å². The molecule has 2 unspecified atom stereocenters. The molecule has 8 heterocycles. The second-order valence-corrected chi connectivity index (χ2v) is 44.3. The minimum atomic E-state index is -1.00. The van der Waals surface area contributed by atoms with Crippen molar-refractivity contribution in [2.45, 2.75) is 292 Å². The number of aromatic nitrogens is 8. The Morgan fingerprint density at radius 2 is 0.640 bits per heavy atom. The number of halogens is 3. The van der Waals surface area contributed by atoms with Gasteiger partial charge in [-0.1, -0.05) is 262 Å². The van der Waals surface area contributed by atoms with Crippen molar-refractivity contribution in [3.8, 4) is 45.0 Å². The van der Waals surface area contributed by atoms with Gasteiger partial charge in [-0.15, -0.1) is 20.4 Å². The SMILES string of the molecule is CC(Br)C(=O)N[C@H](C(=O)N1CCC[C@H]1C(=O)Nc1snnc1-c1ccccc1)C1CCCCC1.CC(Br)C(=O)O.C[C@@H](CCCO)C(=O)N[C@H](C(=O)N1CCC[C@H]1C(=O)Nc1snnc1-c1ccccc1)C1CCCCC1.C[C@H](CCCO)C(=O)N[C@H](C(=O)N1CCC[C@H]1C(=O)Nc1snnc1-c1ccccc1)C1CCCCC1.N#N.NCCO.O=C(Nc1snnc1-c1ccccc1)[C@@H]1CCCN1C(=O)CC1CCCCC1.[2H]CF. The van der Waals surface area contributed by atoms with E-state index in [1.807, 2.05) is 135 Å². The summed E-state index contributed by atoms with van der Waals surface area (Å²) in [7, 11) is -1.00. The fourth-order valence-corrected chi connectivity index (χ4v) is 22.5. The van der Waals surface area contributed by atoms with Crippen LogP contribution >= 0.6 is 78.0 Å². The molecule has 13 N–H and O–H groups in total. The Hall–Kier alpha value is -11.1. The molecule has 16 rings (SSSR count). The van der Waals surface area contributed by atoms with E-state index in [9.17, 15) is 61.9 Å². The number of carboxylic acid groups (broad SMARTS) is 1. The predicted octanol–water partition coefficient (Wildman–Crippen LogP) is 15.7. The van der Waals surface area contributed by atoms with Gasteiger partial charge in [-0.25, -0.2) is 0 Å². The number of amides is 11. The number of carboxylic acids is 1. The van der Waals surface area contributed by atoms with E-state index in [1.54, 1.807) is 33.4 Å². The van der Waals surface area contributed by atoms with Gasteiger partial charge in [0.15, 0.2) is 0 Å². The van der Waals surface area contributed by atoms with Crippen LogP contribution in [0.2, 0.25) is 0 Å². The van der Waals surface area contributed by atoms with Crippen LogP contribution in [-0.4, -0.2) is 261 Å². The standard InChI is InChI=1S/2C27H37N5O4S.C24H30BrN5O3S.C21H26N4O2S.C3H5BrO2.C2H7NO.CH3F.N2/c2*1-18(10-9-17-33)24(34)28-23(20-13-6-3-7-14-20)27(36)32-16-8-15-21(32)25(35)29-26-22(30-31-37-26)19-11-4-2-5-12-19;1-15(25)21(31)26-20(17-11-6-3-7-12-17)24(33)30-14-8-13-18(30)22(32)27-23-19(28-29-34-23)16-9-4-2-5-10-16;26-18(14-15-8-3-1-4-9-15)25-13-7-12-17(25)20(27)22-21-19(23-24-28-21)16-10-5-2-6-11-16;1-2(4)3(5)6;3-1-2-4;2*1-2/h2*2,4-5,11-12,18,20-21,23,33H,3,6-10,13-17H2,1H3,(H,28,34)(H,29,35);2,4-5,9-10,15,17-18,20H,3,6-8,11-14H2,1H3,(H,26,31)(H,27,32);2,5-6,10-11,15,17H,1,3-4,7-9,12-14H2,(H,22,27);2H,1H3,(H,5,6);4H,1-3H2;1H3;/t18-,21+,23+;18-,21-,23-;15?,18-,20-;17-;;;;/m1000..../s1/i;;;;;;1D;. The lowest BCUT2D eigenvalue weighted by atomic mass is 9.83. The zero-order valence-electron chi connectivity index (χ0n) is 86.7. The molecule has 38 nitrogen and oxygen atoms in total. The second-order valence-electron chi connectivity index (χ2n) is 38.5. The molecule has 4 aromatic carbocycles. The number of hydrogen-bond acceptors (Lipinski definition) is 30. The number of carbonyl (C=O) groups excluding carboxylic acids is 11. The van der Waals surface area contributed by atoms with Crippen LogP contribution in [0, 0.1) is 46.3 Å². The Kier molecular flexibility index (Phi) is 53.1. The van der Waals surface area contributed by atoms with Crippen LogP contribution in [0.3, 0.4) is 0 Å². The number of nitrogens with zero attached hydrogens (tertiary/aromatic N) is 14. The average molecular weight is 2280 g/mol. The maximum atomic E-state index is 13.9. The number of likely N-dealkylation sites (tertiary alicyclic amines) is 4. The van der Waals surface area contributed by atoms with Crippen LogP contribution in [0.15, 0.2) is 121 Å². The van der Waals surface area contributed by atoms with E-state index in [0.717, 1.165) is 198 Å². The number of anilines is 4. The van der Waals surface area contributed by atoms with Gasteiger partial charge in [0.2, 0.25) is 65.0 Å². The first kappa shape index (κ1) is 121. The molecule has 11 atom stereocenters. The lowest BCUT2D eigenvalue weighted by Gasteiger charge is -2.35. The molecule has 0 radical (unpaired) electrons. The Labute approximate surface area is 911 Å². The van der Waals surface area contributed by atoms with Gasteiger partial charge in [-0.2, -0.15) is 0 Å². The number of aliphatic hydroxyl groups excluding tert-OH is 3. The fraction of sp³-hybridized carbons (Fsp3) is 0.581. The van der Waals surface area contributed by atoms with Crippen molar-refractivity contribution < 1.29 is 83.7 Å². The summed E-state index contributed by atoms with van der Waals surface area (Å²) >= 11 is 10.7. The molecule has 8 fully saturated rings. The topological polar surface area (TPSA) is 560 Å². The summed E-state index contributed by atoms with van der Waals surface area (Å²) in [6.07, 6.45) is 29.4. The van der Waals surface area contributed by atoms with Crippen molar-refractivity contribution in [1.82, 2.24) is 73.9 Å². The van der Waals surface area contributed by atoms with Gasteiger partial charge in [0.25, 0.3) is 0 Å².